The summed E-state index contributed by atoms with van der Waals surface area (Å²) < 4.78 is 4.72. The first-order chi connectivity index (χ1) is 9.20. The quantitative estimate of drug-likeness (QED) is 0.481. The van der Waals surface area contributed by atoms with Crippen molar-refractivity contribution in [2.45, 2.75) is 0 Å². The standard InChI is InChI=1S/C16H13NO2/c1-19-16(18)15-8-3-2-6-13(15)10-9-12-5-4-7-14(17)11-12/h2-8,11H,17H2,1H3. The van der Waals surface area contributed by atoms with E-state index in [1.165, 1.54) is 7.11 Å². The molecule has 0 saturated heterocycles. The van der Waals surface area contributed by atoms with Gasteiger partial charge in [0, 0.05) is 16.8 Å². The van der Waals surface area contributed by atoms with Crippen molar-refractivity contribution in [3.8, 4) is 11.8 Å². The molecule has 0 aromatic heterocycles. The number of nitrogens with two attached hydrogens (primary N) is 1. The first kappa shape index (κ1) is 12.7. The van der Waals surface area contributed by atoms with Gasteiger partial charge < -0.3 is 10.5 Å². The Morgan fingerprint density at radius 3 is 2.63 bits per heavy atom. The summed E-state index contributed by atoms with van der Waals surface area (Å²) in [4.78, 5) is 11.6. The zero-order chi connectivity index (χ0) is 13.7. The number of hydrogen-bond donors (Lipinski definition) is 1. The lowest BCUT2D eigenvalue weighted by Crippen LogP contribution is -2.03. The van der Waals surface area contributed by atoms with Gasteiger partial charge in [0.05, 0.1) is 12.7 Å². The molecule has 0 spiro atoms. The molecule has 2 aromatic rings. The van der Waals surface area contributed by atoms with Crippen LogP contribution in [0.15, 0.2) is 48.5 Å². The number of carbonyl (C=O) groups excluding carboxylic acids is 1. The fourth-order valence-corrected chi connectivity index (χ4v) is 1.64. The van der Waals surface area contributed by atoms with Crippen LogP contribution in [0.3, 0.4) is 0 Å². The van der Waals surface area contributed by atoms with E-state index in [0.29, 0.717) is 16.8 Å². The van der Waals surface area contributed by atoms with Gasteiger partial charge in [-0.1, -0.05) is 30.0 Å². The molecule has 0 fully saturated rings. The molecule has 3 heteroatoms. The summed E-state index contributed by atoms with van der Waals surface area (Å²) in [7, 11) is 1.35. The molecule has 0 saturated carbocycles. The van der Waals surface area contributed by atoms with Gasteiger partial charge in [0.1, 0.15) is 0 Å². The minimum atomic E-state index is -0.391. The second kappa shape index (κ2) is 5.74. The summed E-state index contributed by atoms with van der Waals surface area (Å²) in [5, 5.41) is 0. The van der Waals surface area contributed by atoms with Gasteiger partial charge in [-0.15, -0.1) is 0 Å². The van der Waals surface area contributed by atoms with Gasteiger partial charge in [0.25, 0.3) is 0 Å². The zero-order valence-corrected chi connectivity index (χ0v) is 10.5. The zero-order valence-electron chi connectivity index (χ0n) is 10.5. The molecule has 0 bridgehead atoms. The SMILES string of the molecule is COC(=O)c1ccccc1C#Cc1cccc(N)c1. The van der Waals surface area contributed by atoms with E-state index >= 15 is 0 Å². The smallest absolute Gasteiger partial charge is 0.339 e. The molecule has 0 radical (unpaired) electrons. The monoisotopic (exact) mass is 251 g/mol. The maximum absolute atomic E-state index is 11.6. The normalized spacial score (nSPS) is 9.32. The highest BCUT2D eigenvalue weighted by atomic mass is 16.5. The van der Waals surface area contributed by atoms with E-state index in [1.54, 1.807) is 30.3 Å². The number of methoxy groups -OCH3 is 1. The molecule has 2 aromatic carbocycles. The predicted octanol–water partition coefficient (Wildman–Crippen LogP) is 2.46. The summed E-state index contributed by atoms with van der Waals surface area (Å²) in [5.74, 6) is 5.56. The lowest BCUT2D eigenvalue weighted by Gasteiger charge is -2.01. The van der Waals surface area contributed by atoms with E-state index in [9.17, 15) is 4.79 Å². The number of nitrogen functional groups attached to an aromatic ring is 1. The Kier molecular flexibility index (Phi) is 3.84. The van der Waals surface area contributed by atoms with E-state index < -0.39 is 5.97 Å². The van der Waals surface area contributed by atoms with Crippen LogP contribution in [-0.2, 0) is 4.74 Å². The van der Waals surface area contributed by atoms with Crippen molar-refractivity contribution in [1.82, 2.24) is 0 Å². The van der Waals surface area contributed by atoms with E-state index in [1.807, 2.05) is 18.2 Å². The third-order valence-electron chi connectivity index (χ3n) is 2.56. The number of rotatable bonds is 1. The summed E-state index contributed by atoms with van der Waals surface area (Å²) in [6, 6.07) is 14.4. The summed E-state index contributed by atoms with van der Waals surface area (Å²) >= 11 is 0. The molecule has 2 N–H and O–H groups in total. The van der Waals surface area contributed by atoms with Crippen molar-refractivity contribution in [3.63, 3.8) is 0 Å². The number of hydrogen-bond acceptors (Lipinski definition) is 3. The van der Waals surface area contributed by atoms with Crippen molar-refractivity contribution >= 4 is 11.7 Å². The number of anilines is 1. The third kappa shape index (κ3) is 3.14. The van der Waals surface area contributed by atoms with Crippen molar-refractivity contribution in [3.05, 3.63) is 65.2 Å². The minimum Gasteiger partial charge on any atom is -0.465 e. The number of carbonyl (C=O) groups is 1. The second-order valence-corrected chi connectivity index (χ2v) is 3.91. The van der Waals surface area contributed by atoms with Gasteiger partial charge in [0.15, 0.2) is 0 Å². The first-order valence-electron chi connectivity index (χ1n) is 5.75. The Labute approximate surface area is 112 Å². The number of esters is 1. The minimum absolute atomic E-state index is 0.391. The van der Waals surface area contributed by atoms with E-state index in [4.69, 9.17) is 10.5 Å². The second-order valence-electron chi connectivity index (χ2n) is 3.91. The highest BCUT2D eigenvalue weighted by Gasteiger charge is 2.08. The fraction of sp³-hybridized carbons (Fsp3) is 0.0625. The predicted molar refractivity (Wildman–Crippen MR) is 74.6 cm³/mol. The van der Waals surface area contributed by atoms with E-state index in [2.05, 4.69) is 11.8 Å². The lowest BCUT2D eigenvalue weighted by atomic mass is 10.1. The molecule has 0 unspecified atom stereocenters. The van der Waals surface area contributed by atoms with Crippen molar-refractivity contribution in [2.75, 3.05) is 12.8 Å². The van der Waals surface area contributed by atoms with Crippen LogP contribution in [0.4, 0.5) is 5.69 Å². The average molecular weight is 251 g/mol. The van der Waals surface area contributed by atoms with Crippen LogP contribution in [0, 0.1) is 11.8 Å². The maximum atomic E-state index is 11.6. The maximum Gasteiger partial charge on any atom is 0.339 e. The molecule has 0 aliphatic carbocycles. The van der Waals surface area contributed by atoms with Crippen LogP contribution in [0.5, 0.6) is 0 Å². The van der Waals surface area contributed by atoms with Gasteiger partial charge in [-0.05, 0) is 30.3 Å². The molecule has 94 valence electrons. The van der Waals surface area contributed by atoms with Gasteiger partial charge in [0.2, 0.25) is 0 Å². The van der Waals surface area contributed by atoms with Gasteiger partial charge in [-0.2, -0.15) is 0 Å². The summed E-state index contributed by atoms with van der Waals surface area (Å²) in [6.45, 7) is 0. The third-order valence-corrected chi connectivity index (χ3v) is 2.56. The van der Waals surface area contributed by atoms with E-state index in [0.717, 1.165) is 5.56 Å². The van der Waals surface area contributed by atoms with Crippen molar-refractivity contribution in [1.29, 1.82) is 0 Å². The summed E-state index contributed by atoms with van der Waals surface area (Å²) in [5.41, 5.74) is 8.25. The highest BCUT2D eigenvalue weighted by Crippen LogP contribution is 2.10. The number of ether oxygens (including phenoxy) is 1. The van der Waals surface area contributed by atoms with Crippen molar-refractivity contribution < 1.29 is 9.53 Å². The molecule has 0 atom stereocenters. The molecular formula is C16H13NO2. The Hall–Kier alpha value is -2.73. The fourth-order valence-electron chi connectivity index (χ4n) is 1.64. The van der Waals surface area contributed by atoms with Gasteiger partial charge >= 0.3 is 5.97 Å². The molecule has 2 rings (SSSR count). The van der Waals surface area contributed by atoms with Crippen molar-refractivity contribution in [2.24, 2.45) is 0 Å². The van der Waals surface area contributed by atoms with Crippen LogP contribution in [-0.4, -0.2) is 13.1 Å². The molecule has 0 aliphatic rings. The Morgan fingerprint density at radius 1 is 1.11 bits per heavy atom. The average Bonchev–Trinajstić information content (AvgIpc) is 2.45. The first-order valence-corrected chi connectivity index (χ1v) is 5.75. The van der Waals surface area contributed by atoms with Gasteiger partial charge in [-0.25, -0.2) is 4.79 Å². The van der Waals surface area contributed by atoms with Crippen LogP contribution in [0.1, 0.15) is 21.5 Å². The Bertz CT molecular complexity index is 666. The van der Waals surface area contributed by atoms with Crippen LogP contribution in [0.2, 0.25) is 0 Å². The molecule has 19 heavy (non-hydrogen) atoms. The van der Waals surface area contributed by atoms with Crippen LogP contribution in [0.25, 0.3) is 0 Å². The van der Waals surface area contributed by atoms with Crippen LogP contribution >= 0.6 is 0 Å². The lowest BCUT2D eigenvalue weighted by molar-refractivity contribution is 0.0600. The molecule has 0 aliphatic heterocycles. The van der Waals surface area contributed by atoms with Gasteiger partial charge in [-0.3, -0.25) is 0 Å². The van der Waals surface area contributed by atoms with Crippen LogP contribution < -0.4 is 5.73 Å². The molecule has 3 nitrogen and oxygen atoms in total. The number of benzene rings is 2. The Balaban J connectivity index is 2.37. The topological polar surface area (TPSA) is 52.3 Å². The largest absolute Gasteiger partial charge is 0.465 e. The highest BCUT2D eigenvalue weighted by molar-refractivity contribution is 5.92. The molecule has 0 heterocycles. The molecular weight excluding hydrogens is 238 g/mol. The summed E-state index contributed by atoms with van der Waals surface area (Å²) in [6.07, 6.45) is 0. The Morgan fingerprint density at radius 2 is 1.89 bits per heavy atom. The van der Waals surface area contributed by atoms with E-state index in [-0.39, 0.29) is 0 Å². The molecule has 0 amide bonds.